The van der Waals surface area contributed by atoms with Crippen LogP contribution in [0.4, 0.5) is 0 Å². The van der Waals surface area contributed by atoms with E-state index in [-0.39, 0.29) is 49.0 Å². The average molecular weight is 306 g/mol. The first-order valence-electron chi connectivity index (χ1n) is 7.67. The van der Waals surface area contributed by atoms with E-state index in [4.69, 9.17) is 4.74 Å². The molecule has 0 N–H and O–H groups in total. The first-order valence-corrected chi connectivity index (χ1v) is 7.67. The fraction of sp³-hybridized carbons (Fsp3) is 0.750. The van der Waals surface area contributed by atoms with Crippen LogP contribution in [-0.4, -0.2) is 18.5 Å². The third-order valence-electron chi connectivity index (χ3n) is 3.01. The van der Waals surface area contributed by atoms with Crippen molar-refractivity contribution in [1.29, 1.82) is 0 Å². The molecule has 0 aliphatic carbocycles. The number of carboxylic acid groups (broad SMARTS) is 1. The molecule has 21 heavy (non-hydrogen) atoms. The summed E-state index contributed by atoms with van der Waals surface area (Å²) in [7, 11) is 0. The molecule has 0 unspecified atom stereocenters. The van der Waals surface area contributed by atoms with Gasteiger partial charge in [-0.15, -0.1) is 0 Å². The second kappa shape index (κ2) is 17.7. The van der Waals surface area contributed by atoms with E-state index in [0.29, 0.717) is 0 Å². The zero-order chi connectivity index (χ0) is 15.1. The van der Waals surface area contributed by atoms with Crippen LogP contribution in [0, 0.1) is 0 Å². The first-order chi connectivity index (χ1) is 9.66. The third-order valence-corrected chi connectivity index (χ3v) is 3.01. The summed E-state index contributed by atoms with van der Waals surface area (Å²) in [5.74, 6) is -1.72. The van der Waals surface area contributed by atoms with Crippen LogP contribution in [0.2, 0.25) is 0 Å². The Bertz CT molecular complexity index is 290. The predicted molar refractivity (Wildman–Crippen MR) is 77.0 cm³/mol. The number of carbonyl (C=O) groups is 2. The van der Waals surface area contributed by atoms with Gasteiger partial charge >= 0.3 is 35.5 Å². The smallest absolute Gasteiger partial charge is 0.550 e. The van der Waals surface area contributed by atoms with E-state index < -0.39 is 11.9 Å². The maximum absolute atomic E-state index is 11.1. The van der Waals surface area contributed by atoms with Gasteiger partial charge in [-0.1, -0.05) is 57.6 Å². The van der Waals surface area contributed by atoms with Gasteiger partial charge in [0.05, 0.1) is 6.42 Å². The molecule has 0 aliphatic heterocycles. The SMILES string of the molecule is CCCCCCCCC/C=C/COC(=O)CCC(=O)[O-].[Na+]. The Morgan fingerprint density at radius 3 is 2.19 bits per heavy atom. The standard InChI is InChI=1S/C16H28O4.Na/c1-2-3-4-5-6-7-8-9-10-11-14-20-16(19)13-12-15(17)18;/h10-11H,2-9,12-14H2,1H3,(H,17,18);/q;+1/p-1/b11-10+;. The Morgan fingerprint density at radius 2 is 1.57 bits per heavy atom. The van der Waals surface area contributed by atoms with Crippen LogP contribution in [0.25, 0.3) is 0 Å². The van der Waals surface area contributed by atoms with Gasteiger partial charge in [0.1, 0.15) is 6.61 Å². The van der Waals surface area contributed by atoms with Crippen molar-refractivity contribution in [1.82, 2.24) is 0 Å². The summed E-state index contributed by atoms with van der Waals surface area (Å²) in [6.45, 7) is 2.44. The van der Waals surface area contributed by atoms with Crippen molar-refractivity contribution >= 4 is 11.9 Å². The second-order valence-corrected chi connectivity index (χ2v) is 4.94. The molecule has 0 saturated carbocycles. The maximum Gasteiger partial charge on any atom is 1.00 e. The van der Waals surface area contributed by atoms with Gasteiger partial charge in [0.2, 0.25) is 0 Å². The molecule has 0 heterocycles. The zero-order valence-electron chi connectivity index (χ0n) is 13.6. The van der Waals surface area contributed by atoms with E-state index in [1.807, 2.05) is 12.2 Å². The number of allylic oxidation sites excluding steroid dienone is 1. The Morgan fingerprint density at radius 1 is 0.952 bits per heavy atom. The van der Waals surface area contributed by atoms with Gasteiger partial charge < -0.3 is 14.6 Å². The Kier molecular flexibility index (Phi) is 19.4. The van der Waals surface area contributed by atoms with Crippen LogP contribution in [0.5, 0.6) is 0 Å². The number of hydrogen-bond donors (Lipinski definition) is 0. The van der Waals surface area contributed by atoms with E-state index in [1.165, 1.54) is 44.9 Å². The number of rotatable bonds is 13. The van der Waals surface area contributed by atoms with Crippen LogP contribution in [0.1, 0.15) is 71.1 Å². The maximum atomic E-state index is 11.1. The van der Waals surface area contributed by atoms with Gasteiger partial charge in [0, 0.05) is 5.97 Å². The second-order valence-electron chi connectivity index (χ2n) is 4.94. The van der Waals surface area contributed by atoms with Crippen molar-refractivity contribution in [2.45, 2.75) is 71.1 Å². The summed E-state index contributed by atoms with van der Waals surface area (Å²) in [5.41, 5.74) is 0. The van der Waals surface area contributed by atoms with Crippen LogP contribution >= 0.6 is 0 Å². The molecule has 4 nitrogen and oxygen atoms in total. The predicted octanol–water partition coefficient (Wildman–Crippen LogP) is -0.239. The first kappa shape index (κ1) is 23.0. The quantitative estimate of drug-likeness (QED) is 0.204. The van der Waals surface area contributed by atoms with Crippen LogP contribution < -0.4 is 34.7 Å². The monoisotopic (exact) mass is 306 g/mol. The van der Waals surface area contributed by atoms with Gasteiger partial charge in [-0.25, -0.2) is 0 Å². The number of hydrogen-bond acceptors (Lipinski definition) is 4. The van der Waals surface area contributed by atoms with Crippen LogP contribution in [-0.2, 0) is 14.3 Å². The number of unbranched alkanes of at least 4 members (excludes halogenated alkanes) is 7. The minimum atomic E-state index is -1.23. The summed E-state index contributed by atoms with van der Waals surface area (Å²) in [5, 5.41) is 10.1. The molecule has 0 radical (unpaired) electrons. The third kappa shape index (κ3) is 19.7. The normalized spacial score (nSPS) is 10.3. The number of carboxylic acids is 1. The largest absolute Gasteiger partial charge is 1.00 e. The number of ether oxygens (including phenoxy) is 1. The molecular formula is C16H27NaO4. The molecule has 0 amide bonds. The molecule has 0 aromatic rings. The molecule has 0 bridgehead atoms. The van der Waals surface area contributed by atoms with Gasteiger partial charge in [-0.05, 0) is 19.3 Å². The summed E-state index contributed by atoms with van der Waals surface area (Å²) >= 11 is 0. The van der Waals surface area contributed by atoms with E-state index in [0.717, 1.165) is 6.42 Å². The van der Waals surface area contributed by atoms with E-state index in [9.17, 15) is 14.7 Å². The molecular weight excluding hydrogens is 279 g/mol. The summed E-state index contributed by atoms with van der Waals surface area (Å²) < 4.78 is 4.85. The van der Waals surface area contributed by atoms with Crippen molar-refractivity contribution in [2.24, 2.45) is 0 Å². The fourth-order valence-electron chi connectivity index (χ4n) is 1.82. The molecule has 5 heteroatoms. The van der Waals surface area contributed by atoms with Gasteiger partial charge in [-0.2, -0.15) is 0 Å². The molecule has 0 aromatic carbocycles. The zero-order valence-corrected chi connectivity index (χ0v) is 15.6. The molecule has 0 aliphatic rings. The number of aliphatic carboxylic acids is 1. The minimum absolute atomic E-state index is 0. The van der Waals surface area contributed by atoms with Gasteiger partial charge in [-0.3, -0.25) is 4.79 Å². The Balaban J connectivity index is 0. The molecule has 0 saturated heterocycles. The van der Waals surface area contributed by atoms with E-state index in [2.05, 4.69) is 6.92 Å². The number of carbonyl (C=O) groups excluding carboxylic acids is 2. The van der Waals surface area contributed by atoms with Crippen LogP contribution in [0.3, 0.4) is 0 Å². The van der Waals surface area contributed by atoms with Crippen molar-refractivity contribution in [3.05, 3.63) is 12.2 Å². The Hall–Kier alpha value is -0.320. The van der Waals surface area contributed by atoms with Gasteiger partial charge in [0.15, 0.2) is 0 Å². The minimum Gasteiger partial charge on any atom is -0.550 e. The summed E-state index contributed by atoms with van der Waals surface area (Å²) in [6.07, 6.45) is 13.4. The molecule has 0 atom stereocenters. The molecule has 116 valence electrons. The van der Waals surface area contributed by atoms with Crippen molar-refractivity contribution < 1.29 is 49.0 Å². The average Bonchev–Trinajstić information content (AvgIpc) is 2.42. The molecule has 0 fully saturated rings. The summed E-state index contributed by atoms with van der Waals surface area (Å²) in [4.78, 5) is 21.2. The van der Waals surface area contributed by atoms with E-state index in [1.54, 1.807) is 0 Å². The van der Waals surface area contributed by atoms with Crippen molar-refractivity contribution in [3.8, 4) is 0 Å². The van der Waals surface area contributed by atoms with Crippen molar-refractivity contribution in [2.75, 3.05) is 6.61 Å². The number of esters is 1. The Labute approximate surface area is 150 Å². The molecule has 0 aromatic heterocycles. The molecule has 0 rings (SSSR count). The van der Waals surface area contributed by atoms with E-state index >= 15 is 0 Å². The topological polar surface area (TPSA) is 66.4 Å². The summed E-state index contributed by atoms with van der Waals surface area (Å²) in [6, 6.07) is 0. The van der Waals surface area contributed by atoms with Gasteiger partial charge in [0.25, 0.3) is 0 Å². The molecule has 0 spiro atoms. The van der Waals surface area contributed by atoms with Crippen LogP contribution in [0.15, 0.2) is 12.2 Å². The fourth-order valence-corrected chi connectivity index (χ4v) is 1.82. The van der Waals surface area contributed by atoms with Crippen molar-refractivity contribution in [3.63, 3.8) is 0 Å².